The third-order valence-electron chi connectivity index (χ3n) is 3.89. The van der Waals surface area contributed by atoms with Gasteiger partial charge in [0.25, 0.3) is 0 Å². The van der Waals surface area contributed by atoms with Crippen LogP contribution >= 0.6 is 22.6 Å². The number of esters is 2. The first-order chi connectivity index (χ1) is 14.5. The Bertz CT molecular complexity index is 923. The zero-order valence-electron chi connectivity index (χ0n) is 17.9. The van der Waals surface area contributed by atoms with E-state index in [9.17, 15) is 14.4 Å². The number of alkyl carbamates (subject to hydrolysis) is 1. The summed E-state index contributed by atoms with van der Waals surface area (Å²) in [5.74, 6) is -0.552. The molecule has 2 rings (SSSR count). The Labute approximate surface area is 195 Å². The molecular formula is C23H26INO6. The van der Waals surface area contributed by atoms with E-state index in [0.29, 0.717) is 9.32 Å². The van der Waals surface area contributed by atoms with Crippen LogP contribution in [0.3, 0.4) is 0 Å². The molecule has 0 saturated carbocycles. The van der Waals surface area contributed by atoms with Gasteiger partial charge in [-0.1, -0.05) is 36.4 Å². The summed E-state index contributed by atoms with van der Waals surface area (Å²) in [5.41, 5.74) is 0.889. The minimum Gasteiger partial charge on any atom is -0.458 e. The molecule has 31 heavy (non-hydrogen) atoms. The van der Waals surface area contributed by atoms with E-state index < -0.39 is 29.7 Å². The summed E-state index contributed by atoms with van der Waals surface area (Å²) in [6.45, 7) is 6.68. The van der Waals surface area contributed by atoms with Crippen LogP contribution in [0.1, 0.15) is 38.8 Å². The molecule has 1 amide bonds. The summed E-state index contributed by atoms with van der Waals surface area (Å²) >= 11 is 2.05. The maximum Gasteiger partial charge on any atom is 0.408 e. The van der Waals surface area contributed by atoms with E-state index >= 15 is 0 Å². The molecule has 0 radical (unpaired) electrons. The molecule has 166 valence electrons. The van der Waals surface area contributed by atoms with Crippen molar-refractivity contribution >= 4 is 40.6 Å². The number of halogens is 1. The topological polar surface area (TPSA) is 90.9 Å². The second kappa shape index (κ2) is 11.1. The van der Waals surface area contributed by atoms with Crippen LogP contribution in [0.25, 0.3) is 0 Å². The molecule has 0 heterocycles. The smallest absolute Gasteiger partial charge is 0.408 e. The first-order valence-electron chi connectivity index (χ1n) is 9.70. The molecule has 0 aliphatic carbocycles. The van der Waals surface area contributed by atoms with Crippen LogP contribution < -0.4 is 10.1 Å². The number of carbonyl (C=O) groups is 3. The van der Waals surface area contributed by atoms with Crippen molar-refractivity contribution in [3.05, 3.63) is 63.2 Å². The van der Waals surface area contributed by atoms with Crippen LogP contribution in [0.4, 0.5) is 4.79 Å². The summed E-state index contributed by atoms with van der Waals surface area (Å²) in [6, 6.07) is 13.5. The van der Waals surface area contributed by atoms with Crippen molar-refractivity contribution in [2.45, 2.75) is 52.4 Å². The standard InChI is InChI=1S/C23H26INO6/c1-15(26)30-20-11-10-17(12-18(20)24)13-19(21(27)31-23(2,3)4)25-22(28)29-14-16-8-6-5-7-9-16/h5-12,19H,13-14H2,1-4H3,(H,25,28)/t19-/m0/s1. The monoisotopic (exact) mass is 539 g/mol. The number of benzene rings is 2. The number of hydrogen-bond donors (Lipinski definition) is 1. The summed E-state index contributed by atoms with van der Waals surface area (Å²) in [5, 5.41) is 2.60. The van der Waals surface area contributed by atoms with Gasteiger partial charge in [-0.3, -0.25) is 4.79 Å². The van der Waals surface area contributed by atoms with E-state index in [2.05, 4.69) is 5.32 Å². The highest BCUT2D eigenvalue weighted by molar-refractivity contribution is 14.1. The van der Waals surface area contributed by atoms with Gasteiger partial charge in [0.05, 0.1) is 3.57 Å². The summed E-state index contributed by atoms with van der Waals surface area (Å²) in [4.78, 5) is 36.2. The molecule has 0 aromatic heterocycles. The largest absolute Gasteiger partial charge is 0.458 e. The lowest BCUT2D eigenvalue weighted by atomic mass is 10.1. The van der Waals surface area contributed by atoms with E-state index in [1.165, 1.54) is 6.92 Å². The van der Waals surface area contributed by atoms with E-state index in [-0.39, 0.29) is 13.0 Å². The predicted molar refractivity (Wildman–Crippen MR) is 124 cm³/mol. The highest BCUT2D eigenvalue weighted by Crippen LogP contribution is 2.23. The molecule has 0 spiro atoms. The molecule has 8 heteroatoms. The number of carbonyl (C=O) groups excluding carboxylic acids is 3. The maximum atomic E-state index is 12.7. The normalized spacial score (nSPS) is 11.9. The van der Waals surface area contributed by atoms with Crippen LogP contribution in [-0.4, -0.2) is 29.7 Å². The lowest BCUT2D eigenvalue weighted by Crippen LogP contribution is -2.45. The third kappa shape index (κ3) is 8.95. The van der Waals surface area contributed by atoms with Gasteiger partial charge in [0.2, 0.25) is 0 Å². The van der Waals surface area contributed by atoms with Crippen LogP contribution in [-0.2, 0) is 32.1 Å². The summed E-state index contributed by atoms with van der Waals surface area (Å²) < 4.78 is 16.5. The fourth-order valence-corrected chi connectivity index (χ4v) is 3.31. The highest BCUT2D eigenvalue weighted by Gasteiger charge is 2.28. The van der Waals surface area contributed by atoms with E-state index in [1.54, 1.807) is 39.0 Å². The second-order valence-corrected chi connectivity index (χ2v) is 9.02. The van der Waals surface area contributed by atoms with E-state index in [4.69, 9.17) is 14.2 Å². The van der Waals surface area contributed by atoms with E-state index in [1.807, 2.05) is 52.9 Å². The van der Waals surface area contributed by atoms with Crippen LogP contribution in [0.5, 0.6) is 5.75 Å². The van der Waals surface area contributed by atoms with Gasteiger partial charge >= 0.3 is 18.0 Å². The molecule has 1 N–H and O–H groups in total. The van der Waals surface area contributed by atoms with Crippen molar-refractivity contribution in [3.63, 3.8) is 0 Å². The zero-order valence-corrected chi connectivity index (χ0v) is 20.1. The lowest BCUT2D eigenvalue weighted by Gasteiger charge is -2.24. The van der Waals surface area contributed by atoms with Crippen molar-refractivity contribution < 1.29 is 28.6 Å². The number of amides is 1. The third-order valence-corrected chi connectivity index (χ3v) is 4.73. The Morgan fingerprint density at radius 3 is 2.29 bits per heavy atom. The number of rotatable bonds is 7. The average molecular weight is 539 g/mol. The van der Waals surface area contributed by atoms with Gasteiger partial charge in [-0.15, -0.1) is 0 Å². The fraction of sp³-hybridized carbons (Fsp3) is 0.348. The van der Waals surface area contributed by atoms with Gasteiger partial charge in [-0.25, -0.2) is 9.59 Å². The Hall–Kier alpha value is -2.62. The number of hydrogen-bond acceptors (Lipinski definition) is 6. The lowest BCUT2D eigenvalue weighted by molar-refractivity contribution is -0.157. The first kappa shape index (κ1) is 24.6. The summed E-state index contributed by atoms with van der Waals surface area (Å²) in [6.07, 6.45) is -0.531. The molecule has 0 fully saturated rings. The van der Waals surface area contributed by atoms with Gasteiger partial charge in [0.1, 0.15) is 24.0 Å². The SMILES string of the molecule is CC(=O)Oc1ccc(C[C@H](NC(=O)OCc2ccccc2)C(=O)OC(C)(C)C)cc1I. The van der Waals surface area contributed by atoms with Gasteiger partial charge in [0, 0.05) is 13.3 Å². The van der Waals surface area contributed by atoms with E-state index in [0.717, 1.165) is 11.1 Å². The molecular weight excluding hydrogens is 513 g/mol. The Morgan fingerprint density at radius 1 is 1.03 bits per heavy atom. The number of ether oxygens (including phenoxy) is 3. The van der Waals surface area contributed by atoms with Gasteiger partial charge in [-0.05, 0) is 66.6 Å². The molecule has 0 aliphatic heterocycles. The summed E-state index contributed by atoms with van der Waals surface area (Å²) in [7, 11) is 0. The second-order valence-electron chi connectivity index (χ2n) is 7.85. The fourth-order valence-electron chi connectivity index (χ4n) is 2.62. The average Bonchev–Trinajstić information content (AvgIpc) is 2.67. The Balaban J connectivity index is 2.10. The first-order valence-corrected chi connectivity index (χ1v) is 10.8. The zero-order chi connectivity index (χ0) is 23.0. The molecule has 0 saturated heterocycles. The molecule has 2 aromatic rings. The van der Waals surface area contributed by atoms with Crippen molar-refractivity contribution in [2.75, 3.05) is 0 Å². The molecule has 0 aliphatic rings. The minimum absolute atomic E-state index is 0.0860. The van der Waals surface area contributed by atoms with Crippen molar-refractivity contribution in [3.8, 4) is 5.75 Å². The van der Waals surface area contributed by atoms with Gasteiger partial charge < -0.3 is 19.5 Å². The van der Waals surface area contributed by atoms with Crippen molar-refractivity contribution in [2.24, 2.45) is 0 Å². The highest BCUT2D eigenvalue weighted by atomic mass is 127. The predicted octanol–water partition coefficient (Wildman–Crippen LogP) is 4.40. The Morgan fingerprint density at radius 2 is 1.71 bits per heavy atom. The minimum atomic E-state index is -0.946. The molecule has 0 bridgehead atoms. The quantitative estimate of drug-likeness (QED) is 0.319. The van der Waals surface area contributed by atoms with Crippen molar-refractivity contribution in [1.82, 2.24) is 5.32 Å². The van der Waals surface area contributed by atoms with Crippen LogP contribution in [0.2, 0.25) is 0 Å². The van der Waals surface area contributed by atoms with Crippen LogP contribution in [0, 0.1) is 3.57 Å². The molecule has 7 nitrogen and oxygen atoms in total. The van der Waals surface area contributed by atoms with Crippen LogP contribution in [0.15, 0.2) is 48.5 Å². The molecule has 0 unspecified atom stereocenters. The van der Waals surface area contributed by atoms with Crippen molar-refractivity contribution in [1.29, 1.82) is 0 Å². The maximum absolute atomic E-state index is 12.7. The molecule has 2 aromatic carbocycles. The Kier molecular flexibility index (Phi) is 8.85. The number of nitrogens with one attached hydrogen (secondary N) is 1. The van der Waals surface area contributed by atoms with Gasteiger partial charge in [-0.2, -0.15) is 0 Å². The molecule has 1 atom stereocenters. The van der Waals surface area contributed by atoms with Gasteiger partial charge in [0.15, 0.2) is 0 Å².